The minimum Gasteiger partial charge on any atom is -0.480 e. The number of carboxylic acid groups (broad SMARTS) is 1. The Morgan fingerprint density at radius 2 is 1.89 bits per heavy atom. The molecule has 2 N–H and O–H groups in total. The largest absolute Gasteiger partial charge is 0.480 e. The predicted octanol–water partition coefficient (Wildman–Crippen LogP) is 0.651. The number of esters is 1. The van der Waals surface area contributed by atoms with E-state index in [1.807, 2.05) is 0 Å². The Bertz CT molecular complexity index is 324. The van der Waals surface area contributed by atoms with Crippen molar-refractivity contribution in [2.45, 2.75) is 39.3 Å². The molecule has 0 bridgehead atoms. The van der Waals surface area contributed by atoms with Gasteiger partial charge < -0.3 is 15.2 Å². The fourth-order valence-electron chi connectivity index (χ4n) is 1.05. The molecule has 18 heavy (non-hydrogen) atoms. The fourth-order valence-corrected chi connectivity index (χ4v) is 1.86. The summed E-state index contributed by atoms with van der Waals surface area (Å²) >= 11 is 1.11. The van der Waals surface area contributed by atoms with Crippen molar-refractivity contribution in [3.8, 4) is 0 Å². The minimum absolute atomic E-state index is 0.0562. The van der Waals surface area contributed by atoms with Gasteiger partial charge in [0.1, 0.15) is 11.6 Å². The van der Waals surface area contributed by atoms with Crippen molar-refractivity contribution in [1.82, 2.24) is 5.32 Å². The molecule has 104 valence electrons. The molecule has 0 rings (SSSR count). The number of hydrogen-bond acceptors (Lipinski definition) is 5. The first-order valence-corrected chi connectivity index (χ1v) is 6.57. The average Bonchev–Trinajstić information content (AvgIpc) is 2.12. The van der Waals surface area contributed by atoms with E-state index in [1.165, 1.54) is 6.92 Å². The third-order valence-electron chi connectivity index (χ3n) is 1.60. The molecular weight excluding hydrogens is 258 g/mol. The SMILES string of the molecule is CC(=O)NC(CSCC(=O)OC(C)(C)C)C(=O)O. The second-order valence-electron chi connectivity index (χ2n) is 4.69. The molecule has 0 aromatic rings. The topological polar surface area (TPSA) is 92.7 Å². The van der Waals surface area contributed by atoms with Gasteiger partial charge in [-0.15, -0.1) is 11.8 Å². The summed E-state index contributed by atoms with van der Waals surface area (Å²) in [4.78, 5) is 32.9. The molecule has 1 amide bonds. The van der Waals surface area contributed by atoms with Crippen LogP contribution >= 0.6 is 11.8 Å². The van der Waals surface area contributed by atoms with E-state index in [4.69, 9.17) is 9.84 Å². The molecule has 0 aliphatic heterocycles. The number of thioether (sulfide) groups is 1. The second kappa shape index (κ2) is 7.25. The molecule has 0 saturated carbocycles. The molecule has 0 aliphatic carbocycles. The summed E-state index contributed by atoms with van der Waals surface area (Å²) in [6.45, 7) is 6.52. The van der Waals surface area contributed by atoms with Gasteiger partial charge in [-0.3, -0.25) is 9.59 Å². The maximum absolute atomic E-state index is 11.4. The summed E-state index contributed by atoms with van der Waals surface area (Å²) in [5.41, 5.74) is -0.554. The van der Waals surface area contributed by atoms with E-state index < -0.39 is 29.5 Å². The molecule has 0 saturated heterocycles. The van der Waals surface area contributed by atoms with Crippen LogP contribution in [0.15, 0.2) is 0 Å². The summed E-state index contributed by atoms with van der Waals surface area (Å²) in [5, 5.41) is 11.1. The quantitative estimate of drug-likeness (QED) is 0.692. The van der Waals surface area contributed by atoms with Crippen LogP contribution in [0.1, 0.15) is 27.7 Å². The first-order chi connectivity index (χ1) is 8.11. The Hall–Kier alpha value is -1.24. The van der Waals surface area contributed by atoms with Crippen LogP contribution in [0.4, 0.5) is 0 Å². The van der Waals surface area contributed by atoms with Gasteiger partial charge >= 0.3 is 11.9 Å². The smallest absolute Gasteiger partial charge is 0.327 e. The van der Waals surface area contributed by atoms with E-state index >= 15 is 0 Å². The maximum atomic E-state index is 11.4. The number of hydrogen-bond donors (Lipinski definition) is 2. The van der Waals surface area contributed by atoms with Crippen LogP contribution in [0, 0.1) is 0 Å². The van der Waals surface area contributed by atoms with E-state index in [1.54, 1.807) is 20.8 Å². The third kappa shape index (κ3) is 8.86. The molecule has 0 aromatic heterocycles. The van der Waals surface area contributed by atoms with Crippen LogP contribution in [-0.4, -0.2) is 46.1 Å². The Balaban J connectivity index is 4.03. The van der Waals surface area contributed by atoms with Crippen LogP contribution in [0.3, 0.4) is 0 Å². The normalized spacial score (nSPS) is 12.7. The van der Waals surface area contributed by atoms with Gasteiger partial charge in [-0.2, -0.15) is 0 Å². The standard InChI is InChI=1S/C11H19NO5S/c1-7(13)12-8(10(15)16)5-18-6-9(14)17-11(2,3)4/h8H,5-6H2,1-4H3,(H,12,13)(H,15,16). The van der Waals surface area contributed by atoms with Crippen molar-refractivity contribution >= 4 is 29.6 Å². The third-order valence-corrected chi connectivity index (χ3v) is 2.61. The first-order valence-electron chi connectivity index (χ1n) is 5.41. The van der Waals surface area contributed by atoms with Crippen molar-refractivity contribution in [2.24, 2.45) is 0 Å². The highest BCUT2D eigenvalue weighted by molar-refractivity contribution is 8.00. The van der Waals surface area contributed by atoms with Gasteiger partial charge in [0.25, 0.3) is 0 Å². The maximum Gasteiger partial charge on any atom is 0.327 e. The van der Waals surface area contributed by atoms with Crippen molar-refractivity contribution in [3.63, 3.8) is 0 Å². The Kier molecular flexibility index (Phi) is 6.75. The van der Waals surface area contributed by atoms with Crippen LogP contribution in [-0.2, 0) is 19.1 Å². The zero-order valence-electron chi connectivity index (χ0n) is 11.0. The molecule has 0 aliphatic rings. The number of aliphatic carboxylic acids is 1. The molecule has 0 aromatic carbocycles. The lowest BCUT2D eigenvalue weighted by atomic mass is 10.2. The van der Waals surface area contributed by atoms with E-state index in [0.29, 0.717) is 0 Å². The number of ether oxygens (including phenoxy) is 1. The lowest BCUT2D eigenvalue weighted by Gasteiger charge is -2.19. The summed E-state index contributed by atoms with van der Waals surface area (Å²) in [7, 11) is 0. The molecule has 0 heterocycles. The molecule has 1 atom stereocenters. The molecule has 6 nitrogen and oxygen atoms in total. The average molecular weight is 277 g/mol. The highest BCUT2D eigenvalue weighted by atomic mass is 32.2. The van der Waals surface area contributed by atoms with Crippen LogP contribution in [0.25, 0.3) is 0 Å². The van der Waals surface area contributed by atoms with E-state index in [-0.39, 0.29) is 11.5 Å². The van der Waals surface area contributed by atoms with Gasteiger partial charge in [-0.05, 0) is 20.8 Å². The van der Waals surface area contributed by atoms with Crippen molar-refractivity contribution < 1.29 is 24.2 Å². The van der Waals surface area contributed by atoms with Crippen LogP contribution in [0.5, 0.6) is 0 Å². The lowest BCUT2D eigenvalue weighted by Crippen LogP contribution is -2.41. The Morgan fingerprint density at radius 1 is 1.33 bits per heavy atom. The van der Waals surface area contributed by atoms with Crippen molar-refractivity contribution in [1.29, 1.82) is 0 Å². The highest BCUT2D eigenvalue weighted by Crippen LogP contribution is 2.10. The number of amides is 1. The highest BCUT2D eigenvalue weighted by Gasteiger charge is 2.20. The lowest BCUT2D eigenvalue weighted by molar-refractivity contribution is -0.151. The predicted molar refractivity (Wildman–Crippen MR) is 68.4 cm³/mol. The second-order valence-corrected chi connectivity index (χ2v) is 5.72. The molecule has 0 fully saturated rings. The zero-order chi connectivity index (χ0) is 14.3. The zero-order valence-corrected chi connectivity index (χ0v) is 11.8. The van der Waals surface area contributed by atoms with Gasteiger partial charge in [0.05, 0.1) is 5.75 Å². The summed E-state index contributed by atoms with van der Waals surface area (Å²) < 4.78 is 5.07. The van der Waals surface area contributed by atoms with Crippen LogP contribution < -0.4 is 5.32 Å². The Labute approximate surface area is 110 Å². The number of nitrogens with one attached hydrogen (secondary N) is 1. The van der Waals surface area contributed by atoms with Crippen molar-refractivity contribution in [3.05, 3.63) is 0 Å². The first kappa shape index (κ1) is 16.8. The molecule has 0 radical (unpaired) electrons. The molecule has 7 heteroatoms. The summed E-state index contributed by atoms with van der Waals surface area (Å²) in [6, 6.07) is -0.991. The number of carboxylic acids is 1. The van der Waals surface area contributed by atoms with Gasteiger partial charge in [0, 0.05) is 12.7 Å². The molecule has 0 spiro atoms. The van der Waals surface area contributed by atoms with Gasteiger partial charge in [-0.25, -0.2) is 4.79 Å². The van der Waals surface area contributed by atoms with E-state index in [2.05, 4.69) is 5.32 Å². The fraction of sp³-hybridized carbons (Fsp3) is 0.727. The molecular formula is C11H19NO5S. The van der Waals surface area contributed by atoms with Gasteiger partial charge in [0.2, 0.25) is 5.91 Å². The van der Waals surface area contributed by atoms with E-state index in [0.717, 1.165) is 11.8 Å². The Morgan fingerprint density at radius 3 is 2.28 bits per heavy atom. The summed E-state index contributed by atoms with van der Waals surface area (Å²) in [6.07, 6.45) is 0. The minimum atomic E-state index is -1.12. The number of carbonyl (C=O) groups excluding carboxylic acids is 2. The van der Waals surface area contributed by atoms with Crippen molar-refractivity contribution in [2.75, 3.05) is 11.5 Å². The number of rotatable bonds is 6. The van der Waals surface area contributed by atoms with Gasteiger partial charge in [0.15, 0.2) is 0 Å². The van der Waals surface area contributed by atoms with E-state index in [9.17, 15) is 14.4 Å². The summed E-state index contributed by atoms with van der Waals surface area (Å²) in [5.74, 6) is -1.77. The monoisotopic (exact) mass is 277 g/mol. The number of carbonyl (C=O) groups is 3. The van der Waals surface area contributed by atoms with Gasteiger partial charge in [-0.1, -0.05) is 0 Å². The van der Waals surface area contributed by atoms with Crippen LogP contribution in [0.2, 0.25) is 0 Å². The molecule has 1 unspecified atom stereocenters.